The Hall–Kier alpha value is -2.12. The van der Waals surface area contributed by atoms with Gasteiger partial charge in [-0.05, 0) is 24.3 Å². The average molecular weight is 330 g/mol. The van der Waals surface area contributed by atoms with Gasteiger partial charge in [-0.25, -0.2) is 17.6 Å². The van der Waals surface area contributed by atoms with E-state index in [1.807, 2.05) is 4.72 Å². The lowest BCUT2D eigenvalue weighted by molar-refractivity contribution is 0.0697. The number of nitrogens with one attached hydrogen (secondary N) is 1. The smallest absolute Gasteiger partial charge is 0.337 e. The van der Waals surface area contributed by atoms with Crippen molar-refractivity contribution in [2.45, 2.75) is 4.90 Å². The molecule has 0 aromatic heterocycles. The normalized spacial score (nSPS) is 11.1. The third-order valence-corrected chi connectivity index (χ3v) is 4.46. The molecule has 0 aliphatic heterocycles. The Bertz CT molecular complexity index is 808. The molecular weight excluding hydrogens is 321 g/mol. The van der Waals surface area contributed by atoms with E-state index in [-0.39, 0.29) is 9.92 Å². The number of anilines is 1. The van der Waals surface area contributed by atoms with Crippen LogP contribution >= 0.6 is 11.6 Å². The zero-order valence-corrected chi connectivity index (χ0v) is 12.0. The number of carboxylic acids is 1. The van der Waals surface area contributed by atoms with Gasteiger partial charge in [0.2, 0.25) is 0 Å². The first-order valence-electron chi connectivity index (χ1n) is 5.62. The van der Waals surface area contributed by atoms with Crippen LogP contribution in [-0.2, 0) is 10.0 Å². The van der Waals surface area contributed by atoms with Crippen LogP contribution in [0.1, 0.15) is 10.4 Å². The highest BCUT2D eigenvalue weighted by Gasteiger charge is 2.23. The van der Waals surface area contributed by atoms with Crippen LogP contribution in [0.25, 0.3) is 0 Å². The molecule has 21 heavy (non-hydrogen) atoms. The van der Waals surface area contributed by atoms with Gasteiger partial charge in [-0.1, -0.05) is 29.8 Å². The lowest BCUT2D eigenvalue weighted by atomic mass is 10.2. The van der Waals surface area contributed by atoms with Crippen molar-refractivity contribution in [2.75, 3.05) is 4.72 Å². The van der Waals surface area contributed by atoms with Crippen molar-refractivity contribution in [3.8, 4) is 0 Å². The molecule has 2 rings (SSSR count). The fourth-order valence-electron chi connectivity index (χ4n) is 1.66. The Morgan fingerprint density at radius 3 is 2.43 bits per heavy atom. The number of para-hydroxylation sites is 1. The maximum atomic E-state index is 13.7. The number of carbonyl (C=O) groups is 1. The first-order valence-corrected chi connectivity index (χ1v) is 7.48. The van der Waals surface area contributed by atoms with Crippen molar-refractivity contribution in [2.24, 2.45) is 0 Å². The summed E-state index contributed by atoms with van der Waals surface area (Å²) in [6, 6.07) is 8.79. The molecule has 0 aliphatic rings. The topological polar surface area (TPSA) is 83.5 Å². The molecule has 0 aliphatic carbocycles. The third-order valence-electron chi connectivity index (χ3n) is 2.61. The molecule has 0 spiro atoms. The molecule has 0 bridgehead atoms. The molecule has 0 heterocycles. The molecular formula is C13H9ClFNO4S. The number of hydrogen-bond acceptors (Lipinski definition) is 3. The lowest BCUT2D eigenvalue weighted by Gasteiger charge is -2.12. The van der Waals surface area contributed by atoms with Crippen molar-refractivity contribution in [3.05, 3.63) is 58.9 Å². The number of sulfonamides is 1. The number of benzene rings is 2. The minimum Gasteiger partial charge on any atom is -0.478 e. The lowest BCUT2D eigenvalue weighted by Crippen LogP contribution is -2.17. The van der Waals surface area contributed by atoms with Crippen LogP contribution in [0.15, 0.2) is 47.4 Å². The molecule has 0 fully saturated rings. The minimum atomic E-state index is -4.21. The van der Waals surface area contributed by atoms with Gasteiger partial charge in [-0.2, -0.15) is 0 Å². The Morgan fingerprint density at radius 2 is 1.81 bits per heavy atom. The Morgan fingerprint density at radius 1 is 1.14 bits per heavy atom. The van der Waals surface area contributed by atoms with E-state index in [1.54, 1.807) is 0 Å². The number of hydrogen-bond donors (Lipinski definition) is 2. The second-order valence-corrected chi connectivity index (χ2v) is 6.06. The summed E-state index contributed by atoms with van der Waals surface area (Å²) in [5, 5.41) is 8.93. The summed E-state index contributed by atoms with van der Waals surface area (Å²) in [4.78, 5) is 10.8. The van der Waals surface area contributed by atoms with E-state index in [9.17, 15) is 17.6 Å². The largest absolute Gasteiger partial charge is 0.478 e. The van der Waals surface area contributed by atoms with Gasteiger partial charge in [0, 0.05) is 0 Å². The molecule has 0 saturated carbocycles. The van der Waals surface area contributed by atoms with Crippen LogP contribution in [0.2, 0.25) is 5.02 Å². The van der Waals surface area contributed by atoms with Crippen molar-refractivity contribution < 1.29 is 22.7 Å². The van der Waals surface area contributed by atoms with Crippen molar-refractivity contribution >= 4 is 33.3 Å². The predicted molar refractivity (Wildman–Crippen MR) is 75.6 cm³/mol. The van der Waals surface area contributed by atoms with Gasteiger partial charge >= 0.3 is 5.97 Å². The molecule has 2 aromatic carbocycles. The standard InChI is InChI=1S/C13H9ClFNO4S/c14-9-5-1-2-7-11(9)21(19,20)16-12-8(13(17)18)4-3-6-10(12)15/h1-7,16H,(H,17,18). The van der Waals surface area contributed by atoms with E-state index < -0.39 is 33.1 Å². The van der Waals surface area contributed by atoms with E-state index >= 15 is 0 Å². The highest BCUT2D eigenvalue weighted by atomic mass is 35.5. The molecule has 5 nitrogen and oxygen atoms in total. The predicted octanol–water partition coefficient (Wildman–Crippen LogP) is 2.98. The van der Waals surface area contributed by atoms with Gasteiger partial charge in [0.1, 0.15) is 10.7 Å². The summed E-state index contributed by atoms with van der Waals surface area (Å²) in [5.41, 5.74) is -1.13. The van der Waals surface area contributed by atoms with Gasteiger partial charge in [0.25, 0.3) is 10.0 Å². The molecule has 8 heteroatoms. The molecule has 0 saturated heterocycles. The summed E-state index contributed by atoms with van der Waals surface area (Å²) < 4.78 is 40.0. The number of aromatic carboxylic acids is 1. The van der Waals surface area contributed by atoms with Crippen molar-refractivity contribution in [1.29, 1.82) is 0 Å². The van der Waals surface area contributed by atoms with Gasteiger partial charge in [-0.3, -0.25) is 4.72 Å². The summed E-state index contributed by atoms with van der Waals surface area (Å²) in [7, 11) is -4.21. The fourth-order valence-corrected chi connectivity index (χ4v) is 3.27. The molecule has 0 atom stereocenters. The number of rotatable bonds is 4. The van der Waals surface area contributed by atoms with E-state index in [0.717, 1.165) is 12.1 Å². The second kappa shape index (κ2) is 5.71. The Kier molecular flexibility index (Phi) is 4.15. The van der Waals surface area contributed by atoms with E-state index in [1.165, 1.54) is 30.3 Å². The van der Waals surface area contributed by atoms with Crippen LogP contribution in [0.3, 0.4) is 0 Å². The monoisotopic (exact) mass is 329 g/mol. The highest BCUT2D eigenvalue weighted by molar-refractivity contribution is 7.92. The summed E-state index contributed by atoms with van der Waals surface area (Å²) in [6.45, 7) is 0. The molecule has 2 N–H and O–H groups in total. The quantitative estimate of drug-likeness (QED) is 0.903. The van der Waals surface area contributed by atoms with E-state index in [4.69, 9.17) is 16.7 Å². The van der Waals surface area contributed by atoms with Crippen molar-refractivity contribution in [1.82, 2.24) is 0 Å². The number of halogens is 2. The molecule has 2 aromatic rings. The molecule has 0 amide bonds. The number of carboxylic acid groups (broad SMARTS) is 1. The average Bonchev–Trinajstić information content (AvgIpc) is 2.41. The van der Waals surface area contributed by atoms with Crippen LogP contribution in [0, 0.1) is 5.82 Å². The van der Waals surface area contributed by atoms with E-state index in [2.05, 4.69) is 0 Å². The molecule has 0 unspecified atom stereocenters. The Balaban J connectivity index is 2.52. The Labute approximate surface area is 125 Å². The maximum absolute atomic E-state index is 13.7. The van der Waals surface area contributed by atoms with Crippen LogP contribution in [0.5, 0.6) is 0 Å². The highest BCUT2D eigenvalue weighted by Crippen LogP contribution is 2.26. The zero-order valence-electron chi connectivity index (χ0n) is 10.4. The first-order chi connectivity index (χ1) is 9.83. The van der Waals surface area contributed by atoms with Crippen LogP contribution in [-0.4, -0.2) is 19.5 Å². The van der Waals surface area contributed by atoms with Crippen LogP contribution in [0.4, 0.5) is 10.1 Å². The van der Waals surface area contributed by atoms with Crippen molar-refractivity contribution in [3.63, 3.8) is 0 Å². The molecule has 110 valence electrons. The third kappa shape index (κ3) is 3.14. The van der Waals surface area contributed by atoms with Gasteiger partial charge in [-0.15, -0.1) is 0 Å². The maximum Gasteiger partial charge on any atom is 0.337 e. The van der Waals surface area contributed by atoms with Gasteiger partial charge < -0.3 is 5.11 Å². The van der Waals surface area contributed by atoms with E-state index in [0.29, 0.717) is 0 Å². The summed E-state index contributed by atoms with van der Waals surface area (Å²) in [5.74, 6) is -2.45. The molecule has 0 radical (unpaired) electrons. The van der Waals surface area contributed by atoms with Gasteiger partial charge in [0.15, 0.2) is 0 Å². The zero-order chi connectivity index (χ0) is 15.6. The summed E-state index contributed by atoms with van der Waals surface area (Å²) >= 11 is 5.79. The van der Waals surface area contributed by atoms with Crippen LogP contribution < -0.4 is 4.72 Å². The first kappa shape index (κ1) is 15.3. The SMILES string of the molecule is O=C(O)c1cccc(F)c1NS(=O)(=O)c1ccccc1Cl. The second-order valence-electron chi connectivity index (χ2n) is 4.00. The minimum absolute atomic E-state index is 0.0572. The van der Waals surface area contributed by atoms with Gasteiger partial charge in [0.05, 0.1) is 16.3 Å². The fraction of sp³-hybridized carbons (Fsp3) is 0. The summed E-state index contributed by atoms with van der Waals surface area (Å²) in [6.07, 6.45) is 0.